The molecule has 0 heterocycles. The average molecular weight is 286 g/mol. The van der Waals surface area contributed by atoms with Gasteiger partial charge in [-0.3, -0.25) is 4.79 Å². The second-order valence-electron chi connectivity index (χ2n) is 4.08. The summed E-state index contributed by atoms with van der Waals surface area (Å²) in [7, 11) is -2.42. The minimum Gasteiger partial charge on any atom is -0.465 e. The lowest BCUT2D eigenvalue weighted by Gasteiger charge is -2.16. The maximum atomic E-state index is 12.2. The van der Waals surface area contributed by atoms with Crippen LogP contribution in [0.1, 0.15) is 12.5 Å². The Balaban J connectivity index is 2.96. The Labute approximate surface area is 113 Å². The van der Waals surface area contributed by atoms with Crippen molar-refractivity contribution in [2.45, 2.75) is 18.7 Å². The molecule has 7 heteroatoms. The predicted molar refractivity (Wildman–Crippen MR) is 72.0 cm³/mol. The number of carbonyl (C=O) groups is 1. The number of esters is 1. The van der Waals surface area contributed by atoms with Gasteiger partial charge in [-0.2, -0.15) is 4.31 Å². The fraction of sp³-hybridized carbons (Fsp3) is 0.417. The summed E-state index contributed by atoms with van der Waals surface area (Å²) in [5, 5.41) is 0. The van der Waals surface area contributed by atoms with E-state index in [1.165, 1.54) is 19.2 Å². The minimum atomic E-state index is -3.74. The molecule has 0 aliphatic carbocycles. The summed E-state index contributed by atoms with van der Waals surface area (Å²) in [6.45, 7) is 3.33. The van der Waals surface area contributed by atoms with E-state index in [0.717, 1.165) is 9.87 Å². The molecule has 0 saturated carbocycles. The molecule has 0 bridgehead atoms. The molecule has 1 aromatic carbocycles. The number of ether oxygens (including phenoxy) is 1. The van der Waals surface area contributed by atoms with Crippen molar-refractivity contribution >= 4 is 21.7 Å². The maximum Gasteiger partial charge on any atom is 0.321 e. The highest BCUT2D eigenvalue weighted by atomic mass is 32.2. The van der Waals surface area contributed by atoms with Gasteiger partial charge in [-0.05, 0) is 31.5 Å². The third-order valence-corrected chi connectivity index (χ3v) is 4.42. The summed E-state index contributed by atoms with van der Waals surface area (Å²) in [4.78, 5) is 11.4. The van der Waals surface area contributed by atoms with Crippen LogP contribution < -0.4 is 5.73 Å². The van der Waals surface area contributed by atoms with Crippen molar-refractivity contribution in [1.29, 1.82) is 0 Å². The van der Waals surface area contributed by atoms with Gasteiger partial charge in [0.15, 0.2) is 0 Å². The van der Waals surface area contributed by atoms with Crippen molar-refractivity contribution in [3.8, 4) is 0 Å². The number of nitrogens with two attached hydrogens (primary N) is 1. The van der Waals surface area contributed by atoms with Gasteiger partial charge < -0.3 is 10.5 Å². The molecule has 0 atom stereocenters. The standard InChI is InChI=1S/C12H18N2O4S/c1-4-18-12(15)8-14(3)19(16,17)10-6-5-9(2)11(13)7-10/h5-7H,4,8,13H2,1-3H3. The molecular formula is C12H18N2O4S. The fourth-order valence-corrected chi connectivity index (χ4v) is 2.58. The number of carbonyl (C=O) groups excluding carboxylic acids is 1. The molecule has 0 aromatic heterocycles. The van der Waals surface area contributed by atoms with Gasteiger partial charge in [-0.15, -0.1) is 0 Å². The predicted octanol–water partition coefficient (Wildman–Crippen LogP) is 0.761. The Kier molecular flexibility index (Phi) is 4.90. The third-order valence-electron chi connectivity index (χ3n) is 2.62. The summed E-state index contributed by atoms with van der Waals surface area (Å²) >= 11 is 0. The first-order valence-corrected chi connectivity index (χ1v) is 7.21. The van der Waals surface area contributed by atoms with E-state index in [4.69, 9.17) is 10.5 Å². The van der Waals surface area contributed by atoms with Crippen LogP contribution in [0.15, 0.2) is 23.1 Å². The molecule has 0 aliphatic heterocycles. The summed E-state index contributed by atoms with van der Waals surface area (Å²) in [6.07, 6.45) is 0. The van der Waals surface area contributed by atoms with Gasteiger partial charge in [-0.1, -0.05) is 6.07 Å². The van der Waals surface area contributed by atoms with Crippen LogP contribution in [-0.2, 0) is 19.6 Å². The zero-order chi connectivity index (χ0) is 14.6. The Morgan fingerprint density at radius 3 is 2.58 bits per heavy atom. The molecule has 0 amide bonds. The SMILES string of the molecule is CCOC(=O)CN(C)S(=O)(=O)c1ccc(C)c(N)c1. The molecule has 1 rings (SSSR count). The Bertz CT molecular complexity index is 569. The molecule has 0 spiro atoms. The molecule has 0 fully saturated rings. The molecule has 2 N–H and O–H groups in total. The van der Waals surface area contributed by atoms with Gasteiger partial charge in [-0.25, -0.2) is 8.42 Å². The van der Waals surface area contributed by atoms with Gasteiger partial charge in [0.2, 0.25) is 10.0 Å². The minimum absolute atomic E-state index is 0.0578. The van der Waals surface area contributed by atoms with Crippen molar-refractivity contribution in [2.75, 3.05) is 25.9 Å². The number of sulfonamides is 1. The van der Waals surface area contributed by atoms with E-state index >= 15 is 0 Å². The molecule has 1 aromatic rings. The number of hydrogen-bond donors (Lipinski definition) is 1. The molecular weight excluding hydrogens is 268 g/mol. The van der Waals surface area contributed by atoms with Crippen LogP contribution in [0, 0.1) is 6.92 Å². The molecule has 6 nitrogen and oxygen atoms in total. The van der Waals surface area contributed by atoms with E-state index in [0.29, 0.717) is 5.69 Å². The molecule has 0 radical (unpaired) electrons. The number of rotatable bonds is 5. The zero-order valence-electron chi connectivity index (χ0n) is 11.2. The molecule has 0 unspecified atom stereocenters. The monoisotopic (exact) mass is 286 g/mol. The summed E-state index contributed by atoms with van der Waals surface area (Å²) in [5.41, 5.74) is 6.88. The highest BCUT2D eigenvalue weighted by Crippen LogP contribution is 2.19. The average Bonchev–Trinajstić information content (AvgIpc) is 2.32. The van der Waals surface area contributed by atoms with Crippen LogP contribution in [0.25, 0.3) is 0 Å². The van der Waals surface area contributed by atoms with E-state index < -0.39 is 16.0 Å². The number of likely N-dealkylation sites (N-methyl/N-ethyl adjacent to an activating group) is 1. The molecule has 0 aliphatic rings. The zero-order valence-corrected chi connectivity index (χ0v) is 12.0. The third kappa shape index (κ3) is 3.68. The smallest absolute Gasteiger partial charge is 0.321 e. The van der Waals surface area contributed by atoms with Crippen LogP contribution in [0.5, 0.6) is 0 Å². The Morgan fingerprint density at radius 1 is 1.42 bits per heavy atom. The second-order valence-corrected chi connectivity index (χ2v) is 6.13. The van der Waals surface area contributed by atoms with Crippen LogP contribution in [0.4, 0.5) is 5.69 Å². The van der Waals surface area contributed by atoms with Gasteiger partial charge >= 0.3 is 5.97 Å². The van der Waals surface area contributed by atoms with Crippen molar-refractivity contribution < 1.29 is 17.9 Å². The second kappa shape index (κ2) is 6.03. The number of nitrogen functional groups attached to an aromatic ring is 1. The van der Waals surface area contributed by atoms with Crippen molar-refractivity contribution in [3.63, 3.8) is 0 Å². The van der Waals surface area contributed by atoms with Crippen molar-refractivity contribution in [3.05, 3.63) is 23.8 Å². The van der Waals surface area contributed by atoms with Crippen molar-refractivity contribution in [1.82, 2.24) is 4.31 Å². The highest BCUT2D eigenvalue weighted by molar-refractivity contribution is 7.89. The number of nitrogens with zero attached hydrogens (tertiary/aromatic N) is 1. The lowest BCUT2D eigenvalue weighted by Crippen LogP contribution is -2.33. The normalized spacial score (nSPS) is 11.6. The lowest BCUT2D eigenvalue weighted by molar-refractivity contribution is -0.143. The van der Waals surface area contributed by atoms with Gasteiger partial charge in [0.25, 0.3) is 0 Å². The number of anilines is 1. The molecule has 106 valence electrons. The van der Waals surface area contributed by atoms with Crippen LogP contribution >= 0.6 is 0 Å². The maximum absolute atomic E-state index is 12.2. The highest BCUT2D eigenvalue weighted by Gasteiger charge is 2.23. The first kappa shape index (κ1) is 15.5. The summed E-state index contributed by atoms with van der Waals surface area (Å²) in [6, 6.07) is 4.47. The first-order chi connectivity index (χ1) is 8.78. The van der Waals surface area contributed by atoms with Gasteiger partial charge in [0, 0.05) is 12.7 Å². The van der Waals surface area contributed by atoms with Crippen LogP contribution in [0.3, 0.4) is 0 Å². The molecule has 19 heavy (non-hydrogen) atoms. The van der Waals surface area contributed by atoms with Crippen LogP contribution in [-0.4, -0.2) is 38.9 Å². The summed E-state index contributed by atoms with van der Waals surface area (Å²) < 4.78 is 30.1. The number of hydrogen-bond acceptors (Lipinski definition) is 5. The van der Waals surface area contributed by atoms with Crippen molar-refractivity contribution in [2.24, 2.45) is 0 Å². The largest absolute Gasteiger partial charge is 0.465 e. The van der Waals surface area contributed by atoms with E-state index in [2.05, 4.69) is 0 Å². The van der Waals surface area contributed by atoms with E-state index in [-0.39, 0.29) is 18.0 Å². The quantitative estimate of drug-likeness (QED) is 0.637. The molecule has 0 saturated heterocycles. The number of aryl methyl sites for hydroxylation is 1. The van der Waals surface area contributed by atoms with E-state index in [1.807, 2.05) is 0 Å². The fourth-order valence-electron chi connectivity index (χ4n) is 1.43. The Hall–Kier alpha value is -1.60. The first-order valence-electron chi connectivity index (χ1n) is 5.77. The lowest BCUT2D eigenvalue weighted by atomic mass is 10.2. The van der Waals surface area contributed by atoms with Crippen LogP contribution in [0.2, 0.25) is 0 Å². The van der Waals surface area contributed by atoms with Gasteiger partial charge in [0.05, 0.1) is 11.5 Å². The number of benzene rings is 1. The van der Waals surface area contributed by atoms with Gasteiger partial charge in [0.1, 0.15) is 6.54 Å². The Morgan fingerprint density at radius 2 is 2.05 bits per heavy atom. The van der Waals surface area contributed by atoms with E-state index in [9.17, 15) is 13.2 Å². The topological polar surface area (TPSA) is 89.7 Å². The van der Waals surface area contributed by atoms with E-state index in [1.54, 1.807) is 19.9 Å². The summed E-state index contributed by atoms with van der Waals surface area (Å²) in [5.74, 6) is -0.589.